The molecule has 0 aromatic heterocycles. The van der Waals surface area contributed by atoms with Crippen molar-refractivity contribution >= 4 is 19.8 Å². The molecule has 0 aliphatic carbocycles. The van der Waals surface area contributed by atoms with Gasteiger partial charge in [0.2, 0.25) is 0 Å². The summed E-state index contributed by atoms with van der Waals surface area (Å²) < 4.78 is 33.4. The monoisotopic (exact) mass is 926 g/mol. The van der Waals surface area contributed by atoms with Gasteiger partial charge in [0.15, 0.2) is 0 Å². The van der Waals surface area contributed by atoms with Crippen LogP contribution in [0.2, 0.25) is 0 Å². The molecule has 3 atom stereocenters. The summed E-state index contributed by atoms with van der Waals surface area (Å²) >= 11 is 0. The standard InChI is InChI=1S/C54H88NO9P/c1-3-5-7-9-11-13-15-17-19-21-23-24-25-26-27-29-31-33-35-37-39-41-43-45-47-61-48-51(49-62-65(59,60)63-50-52(55)54(57)58)64-53(56)46-44-42-40-38-36-34-32-30-28-22-20-18-16-14-12-10-8-6-4-2/h5,7,11-14,17-20,23-24,26-28,30-31,33,37,39,51-52H,3-4,6,8-10,15-16,21-22,25,29,32,34-36,38,40-50,55H2,1-2H3,(H,57,58)(H,59,60)/b7-5-,13-11-,14-12-,19-17-,20-18-,24-23-,27-26-,30-28-,33-31-,39-37-. The van der Waals surface area contributed by atoms with Gasteiger partial charge in [-0.15, -0.1) is 0 Å². The predicted molar refractivity (Wildman–Crippen MR) is 272 cm³/mol. The third-order valence-electron chi connectivity index (χ3n) is 9.73. The van der Waals surface area contributed by atoms with E-state index in [0.717, 1.165) is 116 Å². The van der Waals surface area contributed by atoms with Crippen LogP contribution in [0.1, 0.15) is 168 Å². The number of carboxylic acids is 1. The Morgan fingerprint density at radius 2 is 0.892 bits per heavy atom. The molecular weight excluding hydrogens is 838 g/mol. The summed E-state index contributed by atoms with van der Waals surface area (Å²) in [5, 5.41) is 8.92. The number of nitrogens with two attached hydrogens (primary N) is 1. The lowest BCUT2D eigenvalue weighted by Crippen LogP contribution is -2.34. The minimum Gasteiger partial charge on any atom is -0.480 e. The molecule has 0 saturated carbocycles. The largest absolute Gasteiger partial charge is 0.480 e. The van der Waals surface area contributed by atoms with Gasteiger partial charge in [0.25, 0.3) is 0 Å². The number of carbonyl (C=O) groups excluding carboxylic acids is 1. The highest BCUT2D eigenvalue weighted by atomic mass is 31.2. The Morgan fingerprint density at radius 1 is 0.508 bits per heavy atom. The third kappa shape index (κ3) is 48.1. The van der Waals surface area contributed by atoms with E-state index in [2.05, 4.69) is 135 Å². The van der Waals surface area contributed by atoms with E-state index < -0.39 is 45.1 Å². The SMILES string of the molecule is CC/C=C\C/C=C\C/C=C\C/C=C\C/C=C\C/C=C\C/C=C\CCCCOCC(COP(=O)(O)OCC(N)C(=O)O)OC(=O)CCCCCCCC/C=C\C/C=C\C/C=C\CCCCC. The number of phosphoric ester groups is 1. The number of ether oxygens (including phenoxy) is 2. The lowest BCUT2D eigenvalue weighted by molar-refractivity contribution is -0.154. The smallest absolute Gasteiger partial charge is 0.472 e. The van der Waals surface area contributed by atoms with Crippen LogP contribution in [0, 0.1) is 0 Å². The maximum Gasteiger partial charge on any atom is 0.472 e. The van der Waals surface area contributed by atoms with E-state index in [9.17, 15) is 19.0 Å². The van der Waals surface area contributed by atoms with Crippen LogP contribution in [0.25, 0.3) is 0 Å². The summed E-state index contributed by atoms with van der Waals surface area (Å²) in [6.07, 6.45) is 66.8. The van der Waals surface area contributed by atoms with E-state index in [-0.39, 0.29) is 13.0 Å². The number of hydrogen-bond acceptors (Lipinski definition) is 8. The third-order valence-corrected chi connectivity index (χ3v) is 10.7. The van der Waals surface area contributed by atoms with Crippen LogP contribution in [0.3, 0.4) is 0 Å². The fraction of sp³-hybridized carbons (Fsp3) is 0.593. The highest BCUT2D eigenvalue weighted by Gasteiger charge is 2.27. The Bertz CT molecular complexity index is 1490. The number of hydrogen-bond donors (Lipinski definition) is 3. The second-order valence-electron chi connectivity index (χ2n) is 15.9. The van der Waals surface area contributed by atoms with Crippen molar-refractivity contribution in [1.29, 1.82) is 0 Å². The summed E-state index contributed by atoms with van der Waals surface area (Å²) in [4.78, 5) is 33.7. The lowest BCUT2D eigenvalue weighted by atomic mass is 10.1. The molecule has 0 fully saturated rings. The molecule has 0 spiro atoms. The number of unbranched alkanes of at least 4 members (excludes halogenated alkanes) is 11. The van der Waals surface area contributed by atoms with Gasteiger partial charge < -0.3 is 25.2 Å². The van der Waals surface area contributed by atoms with E-state index in [1.54, 1.807) is 0 Å². The number of carbonyl (C=O) groups is 2. The van der Waals surface area contributed by atoms with Gasteiger partial charge in [-0.3, -0.25) is 18.6 Å². The van der Waals surface area contributed by atoms with E-state index in [1.165, 1.54) is 25.7 Å². The van der Waals surface area contributed by atoms with Gasteiger partial charge >= 0.3 is 19.8 Å². The molecule has 0 aromatic rings. The Labute approximate surface area is 394 Å². The summed E-state index contributed by atoms with van der Waals surface area (Å²) in [6.45, 7) is 3.59. The first-order valence-corrected chi connectivity index (χ1v) is 26.1. The number of carboxylic acid groups (broad SMARTS) is 1. The highest BCUT2D eigenvalue weighted by molar-refractivity contribution is 7.47. The van der Waals surface area contributed by atoms with Gasteiger partial charge in [0, 0.05) is 13.0 Å². The van der Waals surface area contributed by atoms with Crippen LogP contribution in [-0.4, -0.2) is 60.5 Å². The van der Waals surface area contributed by atoms with Gasteiger partial charge in [-0.25, -0.2) is 4.57 Å². The number of allylic oxidation sites excluding steroid dienone is 20. The van der Waals surface area contributed by atoms with Crippen LogP contribution in [0.4, 0.5) is 0 Å². The van der Waals surface area contributed by atoms with Gasteiger partial charge in [-0.1, -0.05) is 174 Å². The highest BCUT2D eigenvalue weighted by Crippen LogP contribution is 2.43. The Hall–Kier alpha value is -3.63. The molecule has 0 aliphatic heterocycles. The molecule has 11 heteroatoms. The topological polar surface area (TPSA) is 155 Å². The van der Waals surface area contributed by atoms with Crippen molar-refractivity contribution in [3.63, 3.8) is 0 Å². The lowest BCUT2D eigenvalue weighted by Gasteiger charge is -2.20. The molecule has 0 amide bonds. The van der Waals surface area contributed by atoms with E-state index in [4.69, 9.17) is 29.4 Å². The molecule has 0 aromatic carbocycles. The molecule has 3 unspecified atom stereocenters. The number of esters is 1. The quantitative estimate of drug-likeness (QED) is 0.0233. The van der Waals surface area contributed by atoms with Crippen molar-refractivity contribution in [3.8, 4) is 0 Å². The molecular formula is C54H88NO9P. The fourth-order valence-corrected chi connectivity index (χ4v) is 6.72. The average molecular weight is 926 g/mol. The zero-order valence-electron chi connectivity index (χ0n) is 40.3. The summed E-state index contributed by atoms with van der Waals surface area (Å²) in [5.41, 5.74) is 5.37. The van der Waals surface area contributed by atoms with Crippen molar-refractivity contribution in [1.82, 2.24) is 0 Å². The van der Waals surface area contributed by atoms with E-state index >= 15 is 0 Å². The minimum absolute atomic E-state index is 0.0276. The summed E-state index contributed by atoms with van der Waals surface area (Å²) in [5.74, 6) is -1.82. The molecule has 0 aliphatic rings. The van der Waals surface area contributed by atoms with Crippen molar-refractivity contribution in [3.05, 3.63) is 122 Å². The molecule has 65 heavy (non-hydrogen) atoms. The summed E-state index contributed by atoms with van der Waals surface area (Å²) in [7, 11) is -4.65. The normalized spacial score (nSPS) is 14.8. The molecule has 0 rings (SSSR count). The minimum atomic E-state index is -4.65. The fourth-order valence-electron chi connectivity index (χ4n) is 5.94. The second kappa shape index (κ2) is 48.3. The van der Waals surface area contributed by atoms with Crippen LogP contribution >= 0.6 is 7.82 Å². The van der Waals surface area contributed by atoms with Crippen LogP contribution < -0.4 is 5.73 Å². The first-order valence-electron chi connectivity index (χ1n) is 24.6. The van der Waals surface area contributed by atoms with Gasteiger partial charge in [-0.2, -0.15) is 0 Å². The Morgan fingerprint density at radius 3 is 1.34 bits per heavy atom. The van der Waals surface area contributed by atoms with Gasteiger partial charge in [0.05, 0.1) is 19.8 Å². The van der Waals surface area contributed by atoms with Crippen LogP contribution in [0.15, 0.2) is 122 Å². The zero-order chi connectivity index (χ0) is 47.6. The first-order chi connectivity index (χ1) is 31.7. The second-order valence-corrected chi connectivity index (χ2v) is 17.3. The van der Waals surface area contributed by atoms with Crippen molar-refractivity contribution in [2.24, 2.45) is 5.73 Å². The first kappa shape index (κ1) is 61.4. The molecule has 4 N–H and O–H groups in total. The van der Waals surface area contributed by atoms with Crippen molar-refractivity contribution < 1.29 is 42.7 Å². The van der Waals surface area contributed by atoms with E-state index in [0.29, 0.717) is 13.0 Å². The molecule has 10 nitrogen and oxygen atoms in total. The van der Waals surface area contributed by atoms with E-state index in [1.807, 2.05) is 0 Å². The van der Waals surface area contributed by atoms with Crippen molar-refractivity contribution in [2.75, 3.05) is 26.4 Å². The zero-order valence-corrected chi connectivity index (χ0v) is 41.2. The van der Waals surface area contributed by atoms with Crippen LogP contribution in [-0.2, 0) is 32.7 Å². The van der Waals surface area contributed by atoms with Gasteiger partial charge in [0.1, 0.15) is 12.1 Å². The number of aliphatic carboxylic acids is 1. The Kier molecular flexibility index (Phi) is 45.6. The maximum atomic E-state index is 12.7. The predicted octanol–water partition coefficient (Wildman–Crippen LogP) is 14.4. The van der Waals surface area contributed by atoms with Crippen LogP contribution in [0.5, 0.6) is 0 Å². The number of phosphoric acid groups is 1. The number of rotatable bonds is 45. The summed E-state index contributed by atoms with van der Waals surface area (Å²) in [6, 6.07) is -1.49. The van der Waals surface area contributed by atoms with Crippen molar-refractivity contribution in [2.45, 2.75) is 180 Å². The maximum absolute atomic E-state index is 12.7. The molecule has 368 valence electrons. The molecule has 0 heterocycles. The average Bonchev–Trinajstić information content (AvgIpc) is 3.29. The Balaban J connectivity index is 4.33. The molecule has 0 radical (unpaired) electrons. The molecule has 0 saturated heterocycles. The molecule has 0 bridgehead atoms. The van der Waals surface area contributed by atoms with Gasteiger partial charge in [-0.05, 0) is 109 Å².